The normalized spacial score (nSPS) is 14.5. The molecular weight excluding hydrogens is 351 g/mol. The lowest BCUT2D eigenvalue weighted by molar-refractivity contribution is 0.0299. The number of benzene rings is 1. The largest absolute Gasteiger partial charge is 0.378 e. The Bertz CT molecular complexity index is 764. The Kier molecular flexibility index (Phi) is 5.18. The zero-order valence-corrected chi connectivity index (χ0v) is 14.6. The molecule has 3 rings (SSSR count). The van der Waals surface area contributed by atoms with Crippen molar-refractivity contribution in [3.63, 3.8) is 0 Å². The predicted molar refractivity (Wildman–Crippen MR) is 93.2 cm³/mol. The number of morpholine rings is 1. The maximum absolute atomic E-state index is 12.6. The summed E-state index contributed by atoms with van der Waals surface area (Å²) in [5, 5.41) is 3.95. The Morgan fingerprint density at radius 2 is 1.92 bits per heavy atom. The van der Waals surface area contributed by atoms with Crippen molar-refractivity contribution < 1.29 is 9.53 Å². The number of hydrogen-bond donors (Lipinski definition) is 1. The van der Waals surface area contributed by atoms with Crippen LogP contribution in [0.1, 0.15) is 16.2 Å². The van der Waals surface area contributed by atoms with E-state index in [1.54, 1.807) is 29.2 Å². The van der Waals surface area contributed by atoms with Crippen LogP contribution >= 0.6 is 23.2 Å². The Morgan fingerprint density at radius 3 is 2.62 bits per heavy atom. The van der Waals surface area contributed by atoms with Crippen molar-refractivity contribution in [2.75, 3.05) is 31.6 Å². The summed E-state index contributed by atoms with van der Waals surface area (Å²) in [6.45, 7) is 4.04. The van der Waals surface area contributed by atoms with Gasteiger partial charge in [0, 0.05) is 24.5 Å². The molecule has 1 fully saturated rings. The number of halogens is 2. The summed E-state index contributed by atoms with van der Waals surface area (Å²) >= 11 is 11.9. The van der Waals surface area contributed by atoms with Crippen molar-refractivity contribution in [1.29, 1.82) is 0 Å². The first-order valence-corrected chi connectivity index (χ1v) is 8.23. The van der Waals surface area contributed by atoms with Crippen molar-refractivity contribution in [1.82, 2.24) is 14.9 Å². The number of carbonyl (C=O) groups excluding carboxylic acids is 1. The summed E-state index contributed by atoms with van der Waals surface area (Å²) in [6, 6.07) is 6.81. The Balaban J connectivity index is 1.82. The van der Waals surface area contributed by atoms with E-state index in [4.69, 9.17) is 27.9 Å². The summed E-state index contributed by atoms with van der Waals surface area (Å²) in [7, 11) is 0. The maximum Gasteiger partial charge on any atom is 0.272 e. The summed E-state index contributed by atoms with van der Waals surface area (Å²) < 4.78 is 5.27. The summed E-state index contributed by atoms with van der Waals surface area (Å²) in [5.74, 6) is 0.214. The minimum atomic E-state index is -0.124. The van der Waals surface area contributed by atoms with E-state index in [1.165, 1.54) is 0 Å². The van der Waals surface area contributed by atoms with E-state index in [2.05, 4.69) is 15.3 Å². The van der Waals surface area contributed by atoms with Gasteiger partial charge in [0.2, 0.25) is 5.95 Å². The van der Waals surface area contributed by atoms with Gasteiger partial charge < -0.3 is 15.0 Å². The highest BCUT2D eigenvalue weighted by molar-refractivity contribution is 6.42. The second kappa shape index (κ2) is 7.34. The van der Waals surface area contributed by atoms with Crippen molar-refractivity contribution in [2.45, 2.75) is 6.92 Å². The molecule has 0 saturated carbocycles. The SMILES string of the molecule is Cc1cc(C(=O)N2CCOCC2)nc(Nc2ccc(Cl)c(Cl)c2)n1. The number of anilines is 2. The molecule has 1 aliphatic heterocycles. The third-order valence-corrected chi connectivity index (χ3v) is 4.29. The highest BCUT2D eigenvalue weighted by Gasteiger charge is 2.20. The zero-order chi connectivity index (χ0) is 17.1. The van der Waals surface area contributed by atoms with Gasteiger partial charge in [0.15, 0.2) is 0 Å². The quantitative estimate of drug-likeness (QED) is 0.902. The van der Waals surface area contributed by atoms with Crippen LogP contribution in [0.5, 0.6) is 0 Å². The second-order valence-corrected chi connectivity index (χ2v) is 6.19. The second-order valence-electron chi connectivity index (χ2n) is 5.38. The smallest absolute Gasteiger partial charge is 0.272 e. The van der Waals surface area contributed by atoms with Crippen molar-refractivity contribution in [3.8, 4) is 0 Å². The topological polar surface area (TPSA) is 67.4 Å². The Hall–Kier alpha value is -1.89. The van der Waals surface area contributed by atoms with Crippen LogP contribution in [0.3, 0.4) is 0 Å². The lowest BCUT2D eigenvalue weighted by Crippen LogP contribution is -2.41. The first-order chi connectivity index (χ1) is 11.5. The van der Waals surface area contributed by atoms with Crippen LogP contribution in [-0.4, -0.2) is 47.1 Å². The molecular formula is C16H16Cl2N4O2. The molecule has 2 heterocycles. The summed E-state index contributed by atoms with van der Waals surface area (Å²) in [6.07, 6.45) is 0. The van der Waals surface area contributed by atoms with Gasteiger partial charge in [-0.1, -0.05) is 23.2 Å². The number of aryl methyl sites for hydroxylation is 1. The number of amides is 1. The summed E-state index contributed by atoms with van der Waals surface area (Å²) in [5.41, 5.74) is 1.75. The lowest BCUT2D eigenvalue weighted by atomic mass is 10.3. The average Bonchev–Trinajstić information content (AvgIpc) is 2.58. The Morgan fingerprint density at radius 1 is 1.17 bits per heavy atom. The van der Waals surface area contributed by atoms with Crippen molar-refractivity contribution in [2.24, 2.45) is 0 Å². The number of aromatic nitrogens is 2. The fourth-order valence-corrected chi connectivity index (χ4v) is 2.66. The molecule has 1 aromatic heterocycles. The Labute approximate surface area is 149 Å². The number of nitrogens with zero attached hydrogens (tertiary/aromatic N) is 3. The van der Waals surface area contributed by atoms with Gasteiger partial charge in [-0.3, -0.25) is 4.79 Å². The predicted octanol–water partition coefficient (Wildman–Crippen LogP) is 3.31. The van der Waals surface area contributed by atoms with Crippen LogP contribution < -0.4 is 5.32 Å². The molecule has 126 valence electrons. The highest BCUT2D eigenvalue weighted by atomic mass is 35.5. The van der Waals surface area contributed by atoms with Gasteiger partial charge in [0.25, 0.3) is 5.91 Å². The number of carbonyl (C=O) groups is 1. The maximum atomic E-state index is 12.6. The molecule has 0 aliphatic carbocycles. The first-order valence-electron chi connectivity index (χ1n) is 7.48. The van der Waals surface area contributed by atoms with E-state index in [9.17, 15) is 4.79 Å². The van der Waals surface area contributed by atoms with Crippen molar-refractivity contribution in [3.05, 3.63) is 45.7 Å². The van der Waals surface area contributed by atoms with E-state index >= 15 is 0 Å². The van der Waals surface area contributed by atoms with Crippen molar-refractivity contribution >= 4 is 40.7 Å². The fraction of sp³-hybridized carbons (Fsp3) is 0.312. The molecule has 24 heavy (non-hydrogen) atoms. The number of hydrogen-bond acceptors (Lipinski definition) is 5. The molecule has 2 aromatic rings. The third-order valence-electron chi connectivity index (χ3n) is 3.55. The molecule has 6 nitrogen and oxygen atoms in total. The van der Waals surface area contributed by atoms with Gasteiger partial charge in [-0.25, -0.2) is 9.97 Å². The van der Waals surface area contributed by atoms with Gasteiger partial charge in [-0.15, -0.1) is 0 Å². The molecule has 1 aliphatic rings. The van der Waals surface area contributed by atoms with E-state index < -0.39 is 0 Å². The number of rotatable bonds is 3. The monoisotopic (exact) mass is 366 g/mol. The molecule has 0 radical (unpaired) electrons. The summed E-state index contributed by atoms with van der Waals surface area (Å²) in [4.78, 5) is 22.9. The minimum absolute atomic E-state index is 0.124. The molecule has 1 N–H and O–H groups in total. The lowest BCUT2D eigenvalue weighted by Gasteiger charge is -2.26. The molecule has 0 atom stereocenters. The van der Waals surface area contributed by atoms with Crippen LogP contribution in [-0.2, 0) is 4.74 Å². The molecule has 0 unspecified atom stereocenters. The number of nitrogens with one attached hydrogen (secondary N) is 1. The standard InChI is InChI=1S/C16H16Cl2N4O2/c1-10-8-14(15(23)22-4-6-24-7-5-22)21-16(19-10)20-11-2-3-12(17)13(18)9-11/h2-3,8-9H,4-7H2,1H3,(H,19,20,21). The van der Waals surface area contributed by atoms with Gasteiger partial charge in [-0.2, -0.15) is 0 Å². The van der Waals surface area contributed by atoms with Crippen LogP contribution in [0.2, 0.25) is 10.0 Å². The first kappa shape index (κ1) is 17.0. The third kappa shape index (κ3) is 3.95. The fourth-order valence-electron chi connectivity index (χ4n) is 2.37. The molecule has 1 amide bonds. The van der Waals surface area contributed by atoms with E-state index in [-0.39, 0.29) is 5.91 Å². The van der Waals surface area contributed by atoms with Crippen LogP contribution in [0.4, 0.5) is 11.6 Å². The van der Waals surface area contributed by atoms with Gasteiger partial charge >= 0.3 is 0 Å². The zero-order valence-electron chi connectivity index (χ0n) is 13.1. The average molecular weight is 367 g/mol. The van der Waals surface area contributed by atoms with Gasteiger partial charge in [0.05, 0.1) is 23.3 Å². The number of ether oxygens (including phenoxy) is 1. The molecule has 0 spiro atoms. The highest BCUT2D eigenvalue weighted by Crippen LogP contribution is 2.26. The van der Waals surface area contributed by atoms with Crippen LogP contribution in [0.25, 0.3) is 0 Å². The van der Waals surface area contributed by atoms with Crippen LogP contribution in [0, 0.1) is 6.92 Å². The van der Waals surface area contributed by atoms with Gasteiger partial charge in [-0.05, 0) is 31.2 Å². The molecule has 8 heteroatoms. The van der Waals surface area contributed by atoms with E-state index in [0.29, 0.717) is 59.4 Å². The van der Waals surface area contributed by atoms with E-state index in [1.807, 2.05) is 6.92 Å². The molecule has 1 saturated heterocycles. The molecule has 0 bridgehead atoms. The van der Waals surface area contributed by atoms with Crippen LogP contribution in [0.15, 0.2) is 24.3 Å². The van der Waals surface area contributed by atoms with Gasteiger partial charge in [0.1, 0.15) is 5.69 Å². The molecule has 1 aromatic carbocycles. The minimum Gasteiger partial charge on any atom is -0.378 e. The van der Waals surface area contributed by atoms with E-state index in [0.717, 1.165) is 0 Å².